The monoisotopic (exact) mass is 950 g/mol. The quantitative estimate of drug-likeness (QED) is 0.0292. The second-order valence-corrected chi connectivity index (χ2v) is 15.4. The summed E-state index contributed by atoms with van der Waals surface area (Å²) in [6.07, 6.45) is 8.79. The smallest absolute Gasteiger partial charge is 0.377 e. The van der Waals surface area contributed by atoms with E-state index < -0.39 is 35.6 Å². The van der Waals surface area contributed by atoms with Gasteiger partial charge < -0.3 is 45.2 Å². The molecule has 16 nitrogen and oxygen atoms in total. The van der Waals surface area contributed by atoms with Crippen LogP contribution in [0, 0.1) is 6.92 Å². The molecule has 0 amide bonds. The predicted octanol–water partition coefficient (Wildman–Crippen LogP) is 9.46. The van der Waals surface area contributed by atoms with Crippen LogP contribution in [0.25, 0.3) is 0 Å². The van der Waals surface area contributed by atoms with Crippen LogP contribution < -0.4 is 9.47 Å². The highest BCUT2D eigenvalue weighted by atomic mass is 16.5. The summed E-state index contributed by atoms with van der Waals surface area (Å²) in [7, 11) is 1.31. The van der Waals surface area contributed by atoms with Gasteiger partial charge in [-0.1, -0.05) is 74.5 Å². The Morgan fingerprint density at radius 2 is 1.30 bits per heavy atom. The van der Waals surface area contributed by atoms with Crippen molar-refractivity contribution in [1.29, 1.82) is 0 Å². The number of carbonyl (C=O) groups excluding carboxylic acids is 2. The molecule has 366 valence electrons. The van der Waals surface area contributed by atoms with E-state index in [0.29, 0.717) is 29.0 Å². The maximum absolute atomic E-state index is 11.2. The van der Waals surface area contributed by atoms with E-state index in [1.165, 1.54) is 79.8 Å². The number of ketones is 2. The molecule has 0 unspecified atom stereocenters. The molecule has 6 rings (SSSR count). The first-order valence-corrected chi connectivity index (χ1v) is 21.7. The Hall–Kier alpha value is -8.27. The lowest BCUT2D eigenvalue weighted by Crippen LogP contribution is -2.12. The first-order valence-electron chi connectivity index (χ1n) is 21.7. The Morgan fingerprint density at radius 3 is 1.84 bits per heavy atom. The number of aliphatic carboxylic acids is 3. The van der Waals surface area contributed by atoms with Gasteiger partial charge in [-0.3, -0.25) is 14.4 Å². The SMILES string of the molecule is CCOc1ccc(C(=O)O)cc1.COc1cc(C(=O)C(=O)O)ccc1O.Cc1ccc(C(C)C)c(O)c1C(=O)O.O=C(O)C=CC(=O)c1ccccc1.O=C(O)CCCc1ccc2c(c1)CCCC2. The molecule has 0 radical (unpaired) electrons. The third kappa shape index (κ3) is 20.0. The van der Waals surface area contributed by atoms with Crippen LogP contribution in [0.5, 0.6) is 23.0 Å². The highest BCUT2D eigenvalue weighted by Crippen LogP contribution is 2.31. The fraction of sp³-hybridized carbons (Fsp3) is 0.264. The van der Waals surface area contributed by atoms with Crippen molar-refractivity contribution in [2.45, 2.75) is 78.6 Å². The molecular weight excluding hydrogens is 893 g/mol. The number of aryl methyl sites for hydroxylation is 4. The third-order valence-electron chi connectivity index (χ3n) is 10.0. The van der Waals surface area contributed by atoms with Crippen LogP contribution in [-0.4, -0.2) is 90.9 Å². The lowest BCUT2D eigenvalue weighted by Gasteiger charge is -2.16. The van der Waals surface area contributed by atoms with Gasteiger partial charge in [-0.2, -0.15) is 0 Å². The molecule has 0 aromatic heterocycles. The number of phenols is 2. The lowest BCUT2D eigenvalue weighted by molar-refractivity contribution is -0.137. The van der Waals surface area contributed by atoms with Crippen LogP contribution in [-0.2, 0) is 33.6 Å². The van der Waals surface area contributed by atoms with Gasteiger partial charge in [0, 0.05) is 23.6 Å². The molecule has 69 heavy (non-hydrogen) atoms. The van der Waals surface area contributed by atoms with Crippen molar-refractivity contribution < 1.29 is 78.8 Å². The number of methoxy groups -OCH3 is 1. The van der Waals surface area contributed by atoms with Crippen molar-refractivity contribution in [3.8, 4) is 23.0 Å². The van der Waals surface area contributed by atoms with Crippen molar-refractivity contribution in [3.05, 3.63) is 165 Å². The maximum Gasteiger partial charge on any atom is 0.377 e. The zero-order valence-corrected chi connectivity index (χ0v) is 39.0. The van der Waals surface area contributed by atoms with Crippen molar-refractivity contribution in [2.75, 3.05) is 13.7 Å². The van der Waals surface area contributed by atoms with Gasteiger partial charge in [0.25, 0.3) is 5.78 Å². The van der Waals surface area contributed by atoms with Crippen LogP contribution in [0.15, 0.2) is 115 Å². The number of allylic oxidation sites excluding steroid dienone is 1. The number of hydrogen-bond donors (Lipinski definition) is 7. The number of benzene rings is 5. The van der Waals surface area contributed by atoms with Gasteiger partial charge in [0.05, 0.1) is 19.3 Å². The molecule has 5 aromatic carbocycles. The van der Waals surface area contributed by atoms with Gasteiger partial charge in [-0.05, 0) is 135 Å². The number of fused-ring (bicyclic) bond motifs is 1. The first kappa shape index (κ1) is 56.9. The standard InChI is InChI=1S/C14H18O2.C11H14O3.C10H8O3.C9H8O5.C9H10O3/c15-14(16)7-3-4-11-8-9-12-5-1-2-6-13(12)10-11;1-6(2)8-5-4-7(3)9(10(8)12)11(13)14;11-9(6-7-10(12)13)8-4-2-1-3-5-8;1-14-7-4-5(2-3-6(7)10)8(11)9(12)13;1-2-12-8-5-3-7(4-6-8)9(10)11/h8-10H,1-7H2,(H,15,16);4-6,12H,1-3H3,(H,13,14);1-7H,(H,12,13);2-4,10H,1H3,(H,12,13);3-6H,2H2,1H3,(H,10,11). The van der Waals surface area contributed by atoms with Crippen molar-refractivity contribution in [2.24, 2.45) is 0 Å². The molecule has 0 saturated carbocycles. The normalized spacial score (nSPS) is 11.0. The number of aromatic hydroxyl groups is 2. The van der Waals surface area contributed by atoms with E-state index >= 15 is 0 Å². The molecule has 0 atom stereocenters. The molecule has 1 aliphatic carbocycles. The van der Waals surface area contributed by atoms with Gasteiger partial charge in [0.2, 0.25) is 0 Å². The summed E-state index contributed by atoms with van der Waals surface area (Å²) >= 11 is 0. The second kappa shape index (κ2) is 29.4. The number of phenolic OH excluding ortho intramolecular Hbond substituents is 1. The van der Waals surface area contributed by atoms with Crippen LogP contribution in [0.1, 0.15) is 122 Å². The Kier molecular flexibility index (Phi) is 24.2. The number of carboxylic acid groups (broad SMARTS) is 5. The molecule has 0 fully saturated rings. The summed E-state index contributed by atoms with van der Waals surface area (Å²) in [6, 6.07) is 28.6. The zero-order valence-electron chi connectivity index (χ0n) is 39.0. The molecular formula is C53H58O16. The minimum absolute atomic E-state index is 0.0104. The number of rotatable bonds is 15. The Bertz CT molecular complexity index is 2560. The molecule has 1 aliphatic rings. The summed E-state index contributed by atoms with van der Waals surface area (Å²) in [5, 5.41) is 61.6. The van der Waals surface area contributed by atoms with Crippen molar-refractivity contribution in [3.63, 3.8) is 0 Å². The number of ether oxygens (including phenoxy) is 2. The molecule has 0 aliphatic heterocycles. The van der Waals surface area contributed by atoms with E-state index in [4.69, 9.17) is 35.0 Å². The van der Waals surface area contributed by atoms with E-state index in [0.717, 1.165) is 25.0 Å². The molecule has 0 bridgehead atoms. The highest BCUT2D eigenvalue weighted by Gasteiger charge is 2.18. The summed E-state index contributed by atoms with van der Waals surface area (Å²) in [5.41, 5.74) is 6.27. The van der Waals surface area contributed by atoms with E-state index in [9.17, 15) is 43.8 Å². The van der Waals surface area contributed by atoms with Crippen LogP contribution >= 0.6 is 0 Å². The zero-order chi connectivity index (χ0) is 51.6. The fourth-order valence-electron chi connectivity index (χ4n) is 6.48. The molecule has 5 aromatic rings. The van der Waals surface area contributed by atoms with Gasteiger partial charge in [-0.15, -0.1) is 0 Å². The van der Waals surface area contributed by atoms with Crippen LogP contribution in [0.2, 0.25) is 0 Å². The number of hydrogen-bond acceptors (Lipinski definition) is 11. The Labute approximate surface area is 399 Å². The van der Waals surface area contributed by atoms with Crippen LogP contribution in [0.4, 0.5) is 0 Å². The fourth-order valence-corrected chi connectivity index (χ4v) is 6.48. The third-order valence-corrected chi connectivity index (χ3v) is 10.0. The van der Waals surface area contributed by atoms with Gasteiger partial charge >= 0.3 is 29.8 Å². The van der Waals surface area contributed by atoms with E-state index in [2.05, 4.69) is 18.2 Å². The van der Waals surface area contributed by atoms with E-state index in [-0.39, 0.29) is 52.1 Å². The summed E-state index contributed by atoms with van der Waals surface area (Å²) in [4.78, 5) is 74.3. The Balaban J connectivity index is 0.000000297. The van der Waals surface area contributed by atoms with Crippen molar-refractivity contribution in [1.82, 2.24) is 0 Å². The molecule has 0 heterocycles. The topological polar surface area (TPSA) is 280 Å². The average molecular weight is 951 g/mol. The first-order chi connectivity index (χ1) is 32.7. The second-order valence-electron chi connectivity index (χ2n) is 15.4. The summed E-state index contributed by atoms with van der Waals surface area (Å²) in [6.45, 7) is 7.97. The van der Waals surface area contributed by atoms with Gasteiger partial charge in [-0.25, -0.2) is 19.2 Å². The minimum Gasteiger partial charge on any atom is -0.507 e. The molecule has 0 spiro atoms. The van der Waals surface area contributed by atoms with Crippen LogP contribution in [0.3, 0.4) is 0 Å². The minimum atomic E-state index is -1.54. The Morgan fingerprint density at radius 1 is 0.681 bits per heavy atom. The van der Waals surface area contributed by atoms with Gasteiger partial charge in [0.1, 0.15) is 17.1 Å². The van der Waals surface area contributed by atoms with Gasteiger partial charge in [0.15, 0.2) is 17.3 Å². The number of aromatic carboxylic acids is 2. The predicted molar refractivity (Wildman–Crippen MR) is 256 cm³/mol. The van der Waals surface area contributed by atoms with E-state index in [1.54, 1.807) is 61.5 Å². The number of Topliss-reactive ketones (excluding diaryl/α,β-unsaturated/α-hetero) is 1. The summed E-state index contributed by atoms with van der Waals surface area (Å²) in [5.74, 6) is -6.07. The van der Waals surface area contributed by atoms with Crippen molar-refractivity contribution >= 4 is 41.4 Å². The number of carboxylic acids is 5. The molecule has 7 N–H and O–H groups in total. The lowest BCUT2D eigenvalue weighted by atomic mass is 9.89. The highest BCUT2D eigenvalue weighted by molar-refractivity contribution is 6.39. The maximum atomic E-state index is 11.2. The number of carbonyl (C=O) groups is 7. The summed E-state index contributed by atoms with van der Waals surface area (Å²) < 4.78 is 9.87. The largest absolute Gasteiger partial charge is 0.507 e. The van der Waals surface area contributed by atoms with E-state index in [1.807, 2.05) is 20.8 Å². The molecule has 0 saturated heterocycles. The average Bonchev–Trinajstić information content (AvgIpc) is 3.31. The molecule has 16 heteroatoms.